The van der Waals surface area contributed by atoms with Gasteiger partial charge in [-0.15, -0.1) is 0 Å². The van der Waals surface area contributed by atoms with Crippen LogP contribution >= 0.6 is 0 Å². The van der Waals surface area contributed by atoms with Gasteiger partial charge in [0.15, 0.2) is 11.6 Å². The molecule has 4 nitrogen and oxygen atoms in total. The zero-order chi connectivity index (χ0) is 14.7. The van der Waals surface area contributed by atoms with Crippen LogP contribution in [0.25, 0.3) is 0 Å². The lowest BCUT2D eigenvalue weighted by Gasteiger charge is -2.09. The van der Waals surface area contributed by atoms with Crippen LogP contribution < -0.4 is 4.74 Å². The fourth-order valence-corrected chi connectivity index (χ4v) is 2.69. The highest BCUT2D eigenvalue weighted by atomic mass is 19.1. The van der Waals surface area contributed by atoms with Crippen molar-refractivity contribution in [3.8, 4) is 5.75 Å². The second-order valence-corrected chi connectivity index (χ2v) is 5.32. The number of halogens is 1. The highest BCUT2D eigenvalue weighted by molar-refractivity contribution is 5.74. The van der Waals surface area contributed by atoms with Crippen LogP contribution in [0.5, 0.6) is 5.75 Å². The van der Waals surface area contributed by atoms with Gasteiger partial charge in [0.05, 0.1) is 11.7 Å². The summed E-state index contributed by atoms with van der Waals surface area (Å²) in [7, 11) is 0. The summed E-state index contributed by atoms with van der Waals surface area (Å²) in [4.78, 5) is 10.6. The van der Waals surface area contributed by atoms with E-state index in [4.69, 9.17) is 4.74 Å². The first-order valence-electron chi connectivity index (χ1n) is 7.18. The fourth-order valence-electron chi connectivity index (χ4n) is 2.69. The molecule has 0 bridgehead atoms. The van der Waals surface area contributed by atoms with E-state index < -0.39 is 5.82 Å². The van der Waals surface area contributed by atoms with E-state index in [9.17, 15) is 9.18 Å². The first-order valence-corrected chi connectivity index (χ1v) is 7.18. The van der Waals surface area contributed by atoms with E-state index in [0.717, 1.165) is 5.69 Å². The molecule has 0 atom stereocenters. The van der Waals surface area contributed by atoms with Crippen LogP contribution in [0.15, 0.2) is 30.5 Å². The molecule has 110 valence electrons. The number of aromatic nitrogens is 2. The van der Waals surface area contributed by atoms with Gasteiger partial charge in [0.25, 0.3) is 0 Å². The van der Waals surface area contributed by atoms with E-state index in [1.54, 1.807) is 0 Å². The summed E-state index contributed by atoms with van der Waals surface area (Å²) in [6, 6.07) is 6.55. The van der Waals surface area contributed by atoms with Crippen LogP contribution in [0.2, 0.25) is 0 Å². The number of ether oxygens (including phenoxy) is 1. The Kier molecular flexibility index (Phi) is 3.99. The van der Waals surface area contributed by atoms with E-state index in [1.165, 1.54) is 43.9 Å². The van der Waals surface area contributed by atoms with Gasteiger partial charge in [-0.05, 0) is 37.1 Å². The molecular formula is C16H17FN2O2. The molecule has 0 saturated heterocycles. The zero-order valence-electron chi connectivity index (χ0n) is 11.7. The van der Waals surface area contributed by atoms with Crippen molar-refractivity contribution in [3.63, 3.8) is 0 Å². The van der Waals surface area contributed by atoms with Crippen LogP contribution in [0.4, 0.5) is 4.39 Å². The summed E-state index contributed by atoms with van der Waals surface area (Å²) in [6.45, 7) is 0.219. The number of rotatable bonds is 5. The van der Waals surface area contributed by atoms with Crippen molar-refractivity contribution in [1.29, 1.82) is 0 Å². The Balaban J connectivity index is 1.63. The number of hydrogen-bond donors (Lipinski definition) is 0. The van der Waals surface area contributed by atoms with Gasteiger partial charge in [-0.3, -0.25) is 9.48 Å². The quantitative estimate of drug-likeness (QED) is 0.791. The molecule has 2 aromatic rings. The van der Waals surface area contributed by atoms with Crippen LogP contribution in [-0.4, -0.2) is 16.1 Å². The normalized spacial score (nSPS) is 15.3. The van der Waals surface area contributed by atoms with Crippen LogP contribution in [0.1, 0.15) is 47.8 Å². The zero-order valence-corrected chi connectivity index (χ0v) is 11.7. The Hall–Kier alpha value is -2.17. The van der Waals surface area contributed by atoms with E-state index in [1.807, 2.05) is 16.9 Å². The molecule has 1 aromatic carbocycles. The van der Waals surface area contributed by atoms with Crippen molar-refractivity contribution in [2.75, 3.05) is 0 Å². The second-order valence-electron chi connectivity index (χ2n) is 5.32. The van der Waals surface area contributed by atoms with Gasteiger partial charge in [0, 0.05) is 11.8 Å². The molecule has 1 fully saturated rings. The van der Waals surface area contributed by atoms with Crippen molar-refractivity contribution in [2.45, 2.75) is 38.3 Å². The fraction of sp³-hybridized carbons (Fsp3) is 0.375. The minimum atomic E-state index is -0.533. The molecule has 1 aliphatic carbocycles. The van der Waals surface area contributed by atoms with Crippen molar-refractivity contribution < 1.29 is 13.9 Å². The largest absolute Gasteiger partial charge is 0.484 e. The van der Waals surface area contributed by atoms with E-state index in [2.05, 4.69) is 5.10 Å². The van der Waals surface area contributed by atoms with E-state index in [-0.39, 0.29) is 12.4 Å². The number of nitrogens with zero attached hydrogens (tertiary/aromatic N) is 2. The topological polar surface area (TPSA) is 44.1 Å². The molecule has 0 radical (unpaired) electrons. The lowest BCUT2D eigenvalue weighted by molar-refractivity contribution is 0.112. The van der Waals surface area contributed by atoms with Crippen molar-refractivity contribution >= 4 is 6.29 Å². The van der Waals surface area contributed by atoms with Crippen LogP contribution in [0, 0.1) is 5.82 Å². The summed E-state index contributed by atoms with van der Waals surface area (Å²) in [5.74, 6) is -0.397. The number of carbonyl (C=O) groups excluding carboxylic acids is 1. The Labute approximate surface area is 122 Å². The third-order valence-electron chi connectivity index (χ3n) is 3.83. The monoisotopic (exact) mass is 288 g/mol. The standard InChI is InChI=1S/C16H17FN2O2/c17-15-9-12(10-20)5-6-16(15)21-11-13-7-8-19(18-13)14-3-1-2-4-14/h5-10,14H,1-4,11H2. The van der Waals surface area contributed by atoms with Gasteiger partial charge >= 0.3 is 0 Å². The summed E-state index contributed by atoms with van der Waals surface area (Å²) in [6.07, 6.45) is 7.42. The van der Waals surface area contributed by atoms with Crippen LogP contribution in [-0.2, 0) is 6.61 Å². The van der Waals surface area contributed by atoms with Gasteiger partial charge in [-0.25, -0.2) is 4.39 Å². The Bertz CT molecular complexity index is 633. The highest BCUT2D eigenvalue weighted by Gasteiger charge is 2.17. The van der Waals surface area contributed by atoms with Crippen molar-refractivity contribution in [2.24, 2.45) is 0 Å². The Morgan fingerprint density at radius 1 is 1.33 bits per heavy atom. The Morgan fingerprint density at radius 3 is 2.86 bits per heavy atom. The lowest BCUT2D eigenvalue weighted by atomic mass is 10.2. The highest BCUT2D eigenvalue weighted by Crippen LogP contribution is 2.28. The van der Waals surface area contributed by atoms with Gasteiger partial charge in [0.1, 0.15) is 12.9 Å². The van der Waals surface area contributed by atoms with Gasteiger partial charge in [-0.2, -0.15) is 5.10 Å². The molecule has 1 saturated carbocycles. The minimum absolute atomic E-state index is 0.135. The molecule has 0 spiro atoms. The molecule has 21 heavy (non-hydrogen) atoms. The average Bonchev–Trinajstić information content (AvgIpc) is 3.16. The smallest absolute Gasteiger partial charge is 0.165 e. The summed E-state index contributed by atoms with van der Waals surface area (Å²) in [5.41, 5.74) is 1.08. The summed E-state index contributed by atoms with van der Waals surface area (Å²) in [5, 5.41) is 4.48. The molecular weight excluding hydrogens is 271 g/mol. The molecule has 1 aromatic heterocycles. The first kappa shape index (κ1) is 13.8. The van der Waals surface area contributed by atoms with E-state index in [0.29, 0.717) is 17.9 Å². The number of hydrogen-bond acceptors (Lipinski definition) is 3. The molecule has 0 unspecified atom stereocenters. The minimum Gasteiger partial charge on any atom is -0.484 e. The molecule has 3 rings (SSSR count). The third kappa shape index (κ3) is 3.12. The molecule has 5 heteroatoms. The predicted molar refractivity (Wildman–Crippen MR) is 75.9 cm³/mol. The maximum Gasteiger partial charge on any atom is 0.165 e. The molecule has 0 aliphatic heterocycles. The molecule has 1 aliphatic rings. The Morgan fingerprint density at radius 2 is 2.14 bits per heavy atom. The summed E-state index contributed by atoms with van der Waals surface area (Å²) < 4.78 is 21.1. The maximum absolute atomic E-state index is 13.7. The number of carbonyl (C=O) groups is 1. The predicted octanol–water partition coefficient (Wildman–Crippen LogP) is 3.53. The molecule has 0 amide bonds. The van der Waals surface area contributed by atoms with E-state index >= 15 is 0 Å². The van der Waals surface area contributed by atoms with Crippen molar-refractivity contribution in [3.05, 3.63) is 47.5 Å². The van der Waals surface area contributed by atoms with Gasteiger partial charge in [-0.1, -0.05) is 12.8 Å². The average molecular weight is 288 g/mol. The van der Waals surface area contributed by atoms with Crippen molar-refractivity contribution in [1.82, 2.24) is 9.78 Å². The number of aldehydes is 1. The van der Waals surface area contributed by atoms with Gasteiger partial charge < -0.3 is 4.74 Å². The molecule has 0 N–H and O–H groups in total. The SMILES string of the molecule is O=Cc1ccc(OCc2ccn(C3CCCC3)n2)c(F)c1. The van der Waals surface area contributed by atoms with Crippen LogP contribution in [0.3, 0.4) is 0 Å². The number of benzene rings is 1. The van der Waals surface area contributed by atoms with Gasteiger partial charge in [0.2, 0.25) is 0 Å². The maximum atomic E-state index is 13.7. The second kappa shape index (κ2) is 6.08. The molecule has 1 heterocycles. The first-order chi connectivity index (χ1) is 10.3. The summed E-state index contributed by atoms with van der Waals surface area (Å²) >= 11 is 0. The lowest BCUT2D eigenvalue weighted by Crippen LogP contribution is -2.06. The third-order valence-corrected chi connectivity index (χ3v) is 3.83.